The normalized spacial score (nSPS) is 15.1. The Kier molecular flexibility index (Phi) is 8.28. The second-order valence-corrected chi connectivity index (χ2v) is 11.0. The number of nitrogens with zero attached hydrogens (tertiary/aromatic N) is 1. The summed E-state index contributed by atoms with van der Waals surface area (Å²) < 4.78 is 0. The smallest absolute Gasteiger partial charge is 0.255 e. The van der Waals surface area contributed by atoms with Crippen molar-refractivity contribution in [2.45, 2.75) is 22.4 Å². The molecule has 0 saturated carbocycles. The SMILES string of the molecule is O=C(Nc1ccc(CSc2ccccc2)cc1)c1ccc([C@H]2SCC(=O)N2CCc2ccccc2)cc1. The van der Waals surface area contributed by atoms with Gasteiger partial charge < -0.3 is 10.2 Å². The van der Waals surface area contributed by atoms with Crippen LogP contribution in [0.1, 0.15) is 32.4 Å². The summed E-state index contributed by atoms with van der Waals surface area (Å²) in [6.07, 6.45) is 0.827. The van der Waals surface area contributed by atoms with E-state index in [1.165, 1.54) is 16.0 Å². The summed E-state index contributed by atoms with van der Waals surface area (Å²) in [4.78, 5) is 28.6. The minimum atomic E-state index is -0.144. The van der Waals surface area contributed by atoms with Crippen LogP contribution in [0, 0.1) is 0 Å². The van der Waals surface area contributed by atoms with Crippen molar-refractivity contribution in [3.05, 3.63) is 131 Å². The molecule has 0 spiro atoms. The Labute approximate surface area is 226 Å². The van der Waals surface area contributed by atoms with Gasteiger partial charge in [-0.15, -0.1) is 23.5 Å². The van der Waals surface area contributed by atoms with Crippen LogP contribution < -0.4 is 5.32 Å². The van der Waals surface area contributed by atoms with Crippen LogP contribution in [0.2, 0.25) is 0 Å². The lowest BCUT2D eigenvalue weighted by Gasteiger charge is -2.24. The second kappa shape index (κ2) is 12.2. The maximum absolute atomic E-state index is 12.8. The number of carbonyl (C=O) groups is 2. The van der Waals surface area contributed by atoms with Crippen LogP contribution in [0.5, 0.6) is 0 Å². The monoisotopic (exact) mass is 524 g/mol. The van der Waals surface area contributed by atoms with Gasteiger partial charge in [0, 0.05) is 28.4 Å². The van der Waals surface area contributed by atoms with Crippen molar-refractivity contribution in [1.82, 2.24) is 4.90 Å². The summed E-state index contributed by atoms with van der Waals surface area (Å²) in [6, 6.07) is 36.1. The summed E-state index contributed by atoms with van der Waals surface area (Å²) in [5.74, 6) is 1.39. The standard InChI is InChI=1S/C31H28N2O2S2/c34-29-22-37-31(33(29)20-19-23-7-3-1-4-8-23)26-15-13-25(14-16-26)30(35)32-27-17-11-24(12-18-27)21-36-28-9-5-2-6-10-28/h1-18,31H,19-22H2,(H,32,35)/t31-/m1/s1. The highest BCUT2D eigenvalue weighted by Crippen LogP contribution is 2.38. The zero-order valence-electron chi connectivity index (χ0n) is 20.4. The highest BCUT2D eigenvalue weighted by atomic mass is 32.2. The zero-order chi connectivity index (χ0) is 25.5. The molecule has 0 unspecified atom stereocenters. The van der Waals surface area contributed by atoms with Crippen molar-refractivity contribution < 1.29 is 9.59 Å². The lowest BCUT2D eigenvalue weighted by atomic mass is 10.1. The number of benzene rings is 4. The van der Waals surface area contributed by atoms with E-state index >= 15 is 0 Å². The highest BCUT2D eigenvalue weighted by molar-refractivity contribution is 8.00. The minimum absolute atomic E-state index is 0.0189. The molecule has 4 aromatic carbocycles. The van der Waals surface area contributed by atoms with Gasteiger partial charge in [-0.1, -0.05) is 72.8 Å². The number of nitrogens with one attached hydrogen (secondary N) is 1. The topological polar surface area (TPSA) is 49.4 Å². The minimum Gasteiger partial charge on any atom is -0.326 e. The number of thioether (sulfide) groups is 2. The molecule has 37 heavy (non-hydrogen) atoms. The van der Waals surface area contributed by atoms with Gasteiger partial charge in [-0.2, -0.15) is 0 Å². The molecule has 4 nitrogen and oxygen atoms in total. The van der Waals surface area contributed by atoms with Gasteiger partial charge in [-0.25, -0.2) is 0 Å². The van der Waals surface area contributed by atoms with Gasteiger partial charge >= 0.3 is 0 Å². The number of hydrogen-bond donors (Lipinski definition) is 1. The summed E-state index contributed by atoms with van der Waals surface area (Å²) in [5, 5.41) is 2.97. The van der Waals surface area contributed by atoms with Crippen LogP contribution >= 0.6 is 23.5 Å². The second-order valence-electron chi connectivity index (χ2n) is 8.86. The third kappa shape index (κ3) is 6.64. The number of anilines is 1. The molecular formula is C31H28N2O2S2. The first-order chi connectivity index (χ1) is 18.2. The van der Waals surface area contributed by atoms with Crippen molar-refractivity contribution in [1.29, 1.82) is 0 Å². The van der Waals surface area contributed by atoms with Gasteiger partial charge in [0.25, 0.3) is 5.91 Å². The summed E-state index contributed by atoms with van der Waals surface area (Å²) in [5.41, 5.74) is 4.84. The van der Waals surface area contributed by atoms with E-state index in [-0.39, 0.29) is 17.2 Å². The Balaban J connectivity index is 1.16. The maximum Gasteiger partial charge on any atom is 0.255 e. The zero-order valence-corrected chi connectivity index (χ0v) is 22.0. The van der Waals surface area contributed by atoms with Gasteiger partial charge in [0.2, 0.25) is 5.91 Å². The summed E-state index contributed by atoms with van der Waals surface area (Å²) in [6.45, 7) is 0.683. The van der Waals surface area contributed by atoms with E-state index in [1.54, 1.807) is 23.5 Å². The van der Waals surface area contributed by atoms with Crippen LogP contribution in [-0.2, 0) is 17.0 Å². The molecule has 1 atom stereocenters. The lowest BCUT2D eigenvalue weighted by molar-refractivity contribution is -0.128. The Morgan fingerprint density at radius 2 is 1.51 bits per heavy atom. The van der Waals surface area contributed by atoms with Crippen molar-refractivity contribution >= 4 is 41.0 Å². The predicted molar refractivity (Wildman–Crippen MR) is 154 cm³/mol. The average Bonchev–Trinajstić information content (AvgIpc) is 3.32. The van der Waals surface area contributed by atoms with Crippen molar-refractivity contribution in [3.63, 3.8) is 0 Å². The predicted octanol–water partition coefficient (Wildman–Crippen LogP) is 7.05. The third-order valence-corrected chi connectivity index (χ3v) is 8.61. The van der Waals surface area contributed by atoms with E-state index in [2.05, 4.69) is 29.6 Å². The lowest BCUT2D eigenvalue weighted by Crippen LogP contribution is -2.30. The number of amides is 2. The molecule has 0 bridgehead atoms. The van der Waals surface area contributed by atoms with Crippen LogP contribution in [0.25, 0.3) is 0 Å². The molecule has 2 amide bonds. The molecule has 1 aliphatic heterocycles. The summed E-state index contributed by atoms with van der Waals surface area (Å²) >= 11 is 3.43. The largest absolute Gasteiger partial charge is 0.326 e. The van der Waals surface area contributed by atoms with Crippen LogP contribution in [0.4, 0.5) is 5.69 Å². The molecular weight excluding hydrogens is 496 g/mol. The molecule has 4 aromatic rings. The molecule has 0 radical (unpaired) electrons. The molecule has 1 aliphatic rings. The first kappa shape index (κ1) is 25.2. The molecule has 6 heteroatoms. The maximum atomic E-state index is 12.8. The molecule has 1 fully saturated rings. The first-order valence-electron chi connectivity index (χ1n) is 12.3. The number of rotatable bonds is 9. The van der Waals surface area contributed by atoms with E-state index < -0.39 is 0 Å². The molecule has 1 heterocycles. The van der Waals surface area contributed by atoms with Gasteiger partial charge in [-0.05, 0) is 59.5 Å². The fourth-order valence-corrected chi connectivity index (χ4v) is 6.33. The number of hydrogen-bond acceptors (Lipinski definition) is 4. The van der Waals surface area contributed by atoms with Gasteiger partial charge in [0.1, 0.15) is 5.37 Å². The van der Waals surface area contributed by atoms with Crippen LogP contribution in [0.3, 0.4) is 0 Å². The summed E-state index contributed by atoms with van der Waals surface area (Å²) in [7, 11) is 0. The molecule has 0 aliphatic carbocycles. The van der Waals surface area contributed by atoms with E-state index in [0.29, 0.717) is 17.9 Å². The van der Waals surface area contributed by atoms with E-state index in [9.17, 15) is 9.59 Å². The van der Waals surface area contributed by atoms with Crippen LogP contribution in [0.15, 0.2) is 114 Å². The fraction of sp³-hybridized carbons (Fsp3) is 0.161. The highest BCUT2D eigenvalue weighted by Gasteiger charge is 2.32. The van der Waals surface area contributed by atoms with Crippen molar-refractivity contribution in [2.24, 2.45) is 0 Å². The Morgan fingerprint density at radius 3 is 2.22 bits per heavy atom. The van der Waals surface area contributed by atoms with Crippen molar-refractivity contribution in [2.75, 3.05) is 17.6 Å². The Morgan fingerprint density at radius 1 is 0.838 bits per heavy atom. The number of carbonyl (C=O) groups excluding carboxylic acids is 2. The Bertz CT molecular complexity index is 1330. The third-order valence-electron chi connectivity index (χ3n) is 6.27. The molecule has 0 aromatic heterocycles. The van der Waals surface area contributed by atoms with Crippen LogP contribution in [-0.4, -0.2) is 29.0 Å². The van der Waals surface area contributed by atoms with Gasteiger partial charge in [-0.3, -0.25) is 9.59 Å². The van der Waals surface area contributed by atoms with Crippen molar-refractivity contribution in [3.8, 4) is 0 Å². The van der Waals surface area contributed by atoms with E-state index in [0.717, 1.165) is 23.4 Å². The molecule has 1 N–H and O–H groups in total. The molecule has 1 saturated heterocycles. The van der Waals surface area contributed by atoms with E-state index in [4.69, 9.17) is 0 Å². The van der Waals surface area contributed by atoms with Gasteiger partial charge in [0.15, 0.2) is 0 Å². The van der Waals surface area contributed by atoms with E-state index in [1.807, 2.05) is 89.8 Å². The molecule has 5 rings (SSSR count). The van der Waals surface area contributed by atoms with Gasteiger partial charge in [0.05, 0.1) is 5.75 Å². The first-order valence-corrected chi connectivity index (χ1v) is 14.3. The Hall–Kier alpha value is -3.48. The average molecular weight is 525 g/mol. The fourth-order valence-electron chi connectivity index (χ4n) is 4.24. The molecule has 186 valence electrons. The quantitative estimate of drug-likeness (QED) is 0.238.